The first-order valence-corrected chi connectivity index (χ1v) is 8.69. The van der Waals surface area contributed by atoms with Crippen LogP contribution in [0.3, 0.4) is 0 Å². The predicted molar refractivity (Wildman–Crippen MR) is 96.0 cm³/mol. The molecule has 1 aliphatic rings. The van der Waals surface area contributed by atoms with Crippen molar-refractivity contribution in [2.24, 2.45) is 0 Å². The van der Waals surface area contributed by atoms with E-state index in [1.807, 2.05) is 31.7 Å². The van der Waals surface area contributed by atoms with Crippen LogP contribution in [0.25, 0.3) is 10.9 Å². The van der Waals surface area contributed by atoms with Crippen LogP contribution >= 0.6 is 0 Å². The summed E-state index contributed by atoms with van der Waals surface area (Å²) in [6.07, 6.45) is 3.93. The fourth-order valence-corrected chi connectivity index (χ4v) is 3.26. The van der Waals surface area contributed by atoms with Gasteiger partial charge in [0.15, 0.2) is 0 Å². The average molecular weight is 329 g/mol. The van der Waals surface area contributed by atoms with Crippen molar-refractivity contribution in [1.82, 2.24) is 15.2 Å². The Morgan fingerprint density at radius 1 is 1.38 bits per heavy atom. The topological polar surface area (TPSA) is 57.4 Å². The molecule has 1 aromatic heterocycles. The van der Waals surface area contributed by atoms with E-state index >= 15 is 0 Å². The van der Waals surface area contributed by atoms with Gasteiger partial charge in [0.2, 0.25) is 0 Å². The van der Waals surface area contributed by atoms with Gasteiger partial charge in [-0.2, -0.15) is 0 Å². The molecular formula is C19H27N3O2. The Bertz CT molecular complexity index is 702. The summed E-state index contributed by atoms with van der Waals surface area (Å²) in [4.78, 5) is 17.5. The minimum atomic E-state index is -0.443. The summed E-state index contributed by atoms with van der Waals surface area (Å²) < 4.78 is 5.52. The molecule has 5 nitrogen and oxygen atoms in total. The molecule has 0 bridgehead atoms. The first-order valence-electron chi connectivity index (χ1n) is 8.69. The van der Waals surface area contributed by atoms with Crippen molar-refractivity contribution < 1.29 is 9.53 Å². The lowest BCUT2D eigenvalue weighted by atomic mass is 10.1. The Labute approximate surface area is 143 Å². The SMILES string of the molecule is CC(C)(C)OC(=O)N1CCCC1CNCc1c[nH]c2ccccc12. The number of H-pyrrole nitrogens is 1. The molecule has 1 saturated heterocycles. The molecule has 5 heteroatoms. The summed E-state index contributed by atoms with van der Waals surface area (Å²) in [7, 11) is 0. The molecule has 2 heterocycles. The minimum Gasteiger partial charge on any atom is -0.444 e. The number of nitrogens with one attached hydrogen (secondary N) is 2. The van der Waals surface area contributed by atoms with E-state index in [1.165, 1.54) is 10.9 Å². The second-order valence-corrected chi connectivity index (χ2v) is 7.46. The monoisotopic (exact) mass is 329 g/mol. The third-order valence-electron chi connectivity index (χ3n) is 4.38. The van der Waals surface area contributed by atoms with Crippen LogP contribution in [-0.2, 0) is 11.3 Å². The minimum absolute atomic E-state index is 0.195. The highest BCUT2D eigenvalue weighted by Gasteiger charge is 2.31. The summed E-state index contributed by atoms with van der Waals surface area (Å²) in [5.41, 5.74) is 1.97. The van der Waals surface area contributed by atoms with Gasteiger partial charge < -0.3 is 19.9 Å². The van der Waals surface area contributed by atoms with Gasteiger partial charge in [-0.25, -0.2) is 4.79 Å². The highest BCUT2D eigenvalue weighted by atomic mass is 16.6. The van der Waals surface area contributed by atoms with E-state index in [9.17, 15) is 4.79 Å². The van der Waals surface area contributed by atoms with Gasteiger partial charge in [0.1, 0.15) is 5.60 Å². The maximum atomic E-state index is 12.3. The zero-order valence-electron chi connectivity index (χ0n) is 14.8. The number of carbonyl (C=O) groups is 1. The Kier molecular flexibility index (Phi) is 4.81. The zero-order valence-corrected chi connectivity index (χ0v) is 14.8. The molecule has 24 heavy (non-hydrogen) atoms. The number of hydrogen-bond acceptors (Lipinski definition) is 3. The van der Waals surface area contributed by atoms with Crippen molar-refractivity contribution in [2.45, 2.75) is 51.8 Å². The Morgan fingerprint density at radius 3 is 2.96 bits per heavy atom. The number of aromatic nitrogens is 1. The molecule has 130 valence electrons. The summed E-state index contributed by atoms with van der Waals surface area (Å²) in [5, 5.41) is 4.75. The van der Waals surface area contributed by atoms with E-state index in [0.717, 1.165) is 38.0 Å². The number of carbonyl (C=O) groups excluding carboxylic acids is 1. The average Bonchev–Trinajstić information content (AvgIpc) is 3.13. The summed E-state index contributed by atoms with van der Waals surface area (Å²) in [5.74, 6) is 0. The van der Waals surface area contributed by atoms with E-state index in [4.69, 9.17) is 4.74 Å². The molecule has 0 radical (unpaired) electrons. The Hall–Kier alpha value is -2.01. The van der Waals surface area contributed by atoms with Crippen LogP contribution < -0.4 is 5.32 Å². The van der Waals surface area contributed by atoms with Crippen molar-refractivity contribution in [2.75, 3.05) is 13.1 Å². The number of likely N-dealkylation sites (tertiary alicyclic amines) is 1. The Morgan fingerprint density at radius 2 is 2.17 bits per heavy atom. The van der Waals surface area contributed by atoms with E-state index < -0.39 is 5.60 Å². The van der Waals surface area contributed by atoms with Gasteiger partial charge in [-0.05, 0) is 45.2 Å². The maximum absolute atomic E-state index is 12.3. The fraction of sp³-hybridized carbons (Fsp3) is 0.526. The normalized spacial score (nSPS) is 18.3. The standard InChI is InChI=1S/C19H27N3O2/c1-19(2,3)24-18(23)22-10-6-7-15(22)13-20-11-14-12-21-17-9-5-4-8-16(14)17/h4-5,8-9,12,15,20-21H,6-7,10-11,13H2,1-3H3. The van der Waals surface area contributed by atoms with Gasteiger partial charge in [0.25, 0.3) is 0 Å². The van der Waals surface area contributed by atoms with E-state index in [2.05, 4.69) is 34.7 Å². The molecule has 1 amide bonds. The van der Waals surface area contributed by atoms with Crippen LogP contribution in [0.2, 0.25) is 0 Å². The van der Waals surface area contributed by atoms with Crippen LogP contribution in [0.4, 0.5) is 4.79 Å². The number of fused-ring (bicyclic) bond motifs is 1. The molecule has 0 spiro atoms. The third-order valence-corrected chi connectivity index (χ3v) is 4.38. The lowest BCUT2D eigenvalue weighted by Gasteiger charge is -2.28. The number of benzene rings is 1. The summed E-state index contributed by atoms with van der Waals surface area (Å²) in [6.45, 7) is 8.09. The second-order valence-electron chi connectivity index (χ2n) is 7.46. The van der Waals surface area contributed by atoms with E-state index in [0.29, 0.717) is 0 Å². The van der Waals surface area contributed by atoms with Crippen molar-refractivity contribution in [1.29, 1.82) is 0 Å². The molecule has 1 aliphatic heterocycles. The molecule has 2 aromatic rings. The van der Waals surface area contributed by atoms with Gasteiger partial charge >= 0.3 is 6.09 Å². The van der Waals surface area contributed by atoms with Crippen LogP contribution in [0, 0.1) is 0 Å². The van der Waals surface area contributed by atoms with Crippen LogP contribution in [0.15, 0.2) is 30.5 Å². The lowest BCUT2D eigenvalue weighted by molar-refractivity contribution is 0.0226. The maximum Gasteiger partial charge on any atom is 0.410 e. The quantitative estimate of drug-likeness (QED) is 0.900. The van der Waals surface area contributed by atoms with E-state index in [1.54, 1.807) is 0 Å². The summed E-state index contributed by atoms with van der Waals surface area (Å²) >= 11 is 0. The molecule has 3 rings (SSSR count). The van der Waals surface area contributed by atoms with Crippen LogP contribution in [0.1, 0.15) is 39.2 Å². The number of aromatic amines is 1. The third kappa shape index (κ3) is 3.90. The van der Waals surface area contributed by atoms with E-state index in [-0.39, 0.29) is 12.1 Å². The molecular weight excluding hydrogens is 302 g/mol. The van der Waals surface area contributed by atoms with Crippen molar-refractivity contribution in [3.05, 3.63) is 36.0 Å². The van der Waals surface area contributed by atoms with Crippen LogP contribution in [-0.4, -0.2) is 40.7 Å². The zero-order chi connectivity index (χ0) is 17.2. The highest BCUT2D eigenvalue weighted by Crippen LogP contribution is 2.21. The first-order chi connectivity index (χ1) is 11.4. The number of para-hydroxylation sites is 1. The molecule has 2 N–H and O–H groups in total. The molecule has 1 atom stereocenters. The van der Waals surface area contributed by atoms with Crippen molar-refractivity contribution in [3.63, 3.8) is 0 Å². The number of nitrogens with zero attached hydrogens (tertiary/aromatic N) is 1. The highest BCUT2D eigenvalue weighted by molar-refractivity contribution is 5.82. The molecule has 0 aliphatic carbocycles. The number of rotatable bonds is 4. The second kappa shape index (κ2) is 6.85. The number of hydrogen-bond donors (Lipinski definition) is 2. The number of amides is 1. The predicted octanol–water partition coefficient (Wildman–Crippen LogP) is 3.66. The molecule has 1 aromatic carbocycles. The Balaban J connectivity index is 1.55. The molecule has 1 fully saturated rings. The first kappa shape index (κ1) is 16.8. The van der Waals surface area contributed by atoms with Crippen LogP contribution in [0.5, 0.6) is 0 Å². The smallest absolute Gasteiger partial charge is 0.410 e. The van der Waals surface area contributed by atoms with Crippen molar-refractivity contribution >= 4 is 17.0 Å². The van der Waals surface area contributed by atoms with Gasteiger partial charge in [0.05, 0.1) is 0 Å². The van der Waals surface area contributed by atoms with Crippen molar-refractivity contribution in [3.8, 4) is 0 Å². The van der Waals surface area contributed by atoms with Gasteiger partial charge in [0, 0.05) is 42.8 Å². The largest absolute Gasteiger partial charge is 0.444 e. The van der Waals surface area contributed by atoms with Gasteiger partial charge in [-0.15, -0.1) is 0 Å². The lowest BCUT2D eigenvalue weighted by Crippen LogP contribution is -2.44. The van der Waals surface area contributed by atoms with Gasteiger partial charge in [-0.1, -0.05) is 18.2 Å². The molecule has 0 saturated carbocycles. The molecule has 1 unspecified atom stereocenters. The van der Waals surface area contributed by atoms with Gasteiger partial charge in [-0.3, -0.25) is 0 Å². The summed E-state index contributed by atoms with van der Waals surface area (Å²) in [6, 6.07) is 8.52. The number of ether oxygens (including phenoxy) is 1. The fourth-order valence-electron chi connectivity index (χ4n) is 3.26.